The van der Waals surface area contributed by atoms with Gasteiger partial charge in [0, 0.05) is 48.6 Å². The first-order valence-corrected chi connectivity index (χ1v) is 8.67. The highest BCUT2D eigenvalue weighted by molar-refractivity contribution is 6.06. The van der Waals surface area contributed by atoms with E-state index in [0.29, 0.717) is 30.4 Å². The van der Waals surface area contributed by atoms with Crippen molar-refractivity contribution in [1.82, 2.24) is 9.88 Å². The van der Waals surface area contributed by atoms with E-state index < -0.39 is 16.5 Å². The highest BCUT2D eigenvalue weighted by Crippen LogP contribution is 2.26. The number of nitrogens with one attached hydrogen (secondary N) is 1. The minimum absolute atomic E-state index is 0.0484. The number of pyridine rings is 1. The minimum atomic E-state index is -0.869. The second-order valence-electron chi connectivity index (χ2n) is 6.73. The van der Waals surface area contributed by atoms with Gasteiger partial charge in [-0.05, 0) is 31.2 Å². The fraction of sp³-hybridized carbons (Fsp3) is 0.389. The van der Waals surface area contributed by atoms with Crippen molar-refractivity contribution in [3.63, 3.8) is 0 Å². The van der Waals surface area contributed by atoms with E-state index in [2.05, 4.69) is 4.98 Å². The number of piperidine rings is 1. The van der Waals surface area contributed by atoms with Gasteiger partial charge >= 0.3 is 5.97 Å². The Morgan fingerprint density at radius 3 is 2.81 bits per heavy atom. The molecule has 0 radical (unpaired) electrons. The van der Waals surface area contributed by atoms with E-state index in [1.807, 2.05) is 0 Å². The topological polar surface area (TPSA) is 134 Å². The second kappa shape index (κ2) is 7.56. The number of H-pyrrole nitrogens is 1. The molecule has 0 aliphatic carbocycles. The maximum absolute atomic E-state index is 13.0. The van der Waals surface area contributed by atoms with Gasteiger partial charge in [-0.25, -0.2) is 0 Å². The van der Waals surface area contributed by atoms with Gasteiger partial charge in [0.15, 0.2) is 0 Å². The Kier molecular flexibility index (Phi) is 5.20. The molecule has 3 rings (SSSR count). The Balaban J connectivity index is 1.92. The lowest BCUT2D eigenvalue weighted by molar-refractivity contribution is -0.384. The third kappa shape index (κ3) is 4.13. The summed E-state index contributed by atoms with van der Waals surface area (Å²) in [5.74, 6) is -1.15. The summed E-state index contributed by atoms with van der Waals surface area (Å²) in [6, 6.07) is 5.13. The van der Waals surface area contributed by atoms with Gasteiger partial charge in [-0.2, -0.15) is 0 Å². The number of hydrogen-bond donors (Lipinski definition) is 2. The molecule has 1 aromatic heterocycles. The van der Waals surface area contributed by atoms with Crippen molar-refractivity contribution in [1.29, 1.82) is 0 Å². The number of nitrogens with zero attached hydrogens (tertiary/aromatic N) is 2. The predicted molar refractivity (Wildman–Crippen MR) is 96.7 cm³/mol. The van der Waals surface area contributed by atoms with Crippen LogP contribution in [0, 0.1) is 16.0 Å². The Hall–Kier alpha value is -3.23. The molecule has 1 atom stereocenters. The van der Waals surface area contributed by atoms with Crippen LogP contribution in [-0.2, 0) is 4.79 Å². The number of aliphatic carboxylic acids is 1. The van der Waals surface area contributed by atoms with E-state index in [1.165, 1.54) is 18.2 Å². The van der Waals surface area contributed by atoms with E-state index in [9.17, 15) is 24.5 Å². The average Bonchev–Trinajstić information content (AvgIpc) is 2.64. The summed E-state index contributed by atoms with van der Waals surface area (Å²) in [5, 5.41) is 20.2. The second-order valence-corrected chi connectivity index (χ2v) is 6.73. The van der Waals surface area contributed by atoms with Crippen LogP contribution in [0.1, 0.15) is 36.0 Å². The third-order valence-corrected chi connectivity index (χ3v) is 4.84. The molecule has 1 unspecified atom stereocenters. The highest BCUT2D eigenvalue weighted by atomic mass is 16.6. The summed E-state index contributed by atoms with van der Waals surface area (Å²) in [7, 11) is 0. The van der Waals surface area contributed by atoms with Gasteiger partial charge in [-0.3, -0.25) is 24.5 Å². The molecule has 2 N–H and O–H groups in total. The number of likely N-dealkylation sites (tertiary alicyclic amines) is 1. The molecule has 142 valence electrons. The summed E-state index contributed by atoms with van der Waals surface area (Å²) in [6.45, 7) is 0.918. The van der Waals surface area contributed by atoms with Crippen LogP contribution in [-0.4, -0.2) is 44.9 Å². The molecule has 9 heteroatoms. The molecular weight excluding hydrogens is 354 g/mol. The van der Waals surface area contributed by atoms with Gasteiger partial charge in [-0.15, -0.1) is 0 Å². The lowest BCUT2D eigenvalue weighted by Crippen LogP contribution is -2.40. The number of aromatic amines is 1. The summed E-state index contributed by atoms with van der Waals surface area (Å²) < 4.78 is 0. The number of amides is 1. The zero-order valence-electron chi connectivity index (χ0n) is 14.5. The SMILES string of the molecule is O=C(O)CCC1CCCN(C(=O)c2cc(=O)[nH]c3ccc([N+](=O)[O-])cc23)C1. The zero-order valence-corrected chi connectivity index (χ0v) is 14.5. The number of aromatic nitrogens is 1. The fourth-order valence-electron chi connectivity index (χ4n) is 3.52. The highest BCUT2D eigenvalue weighted by Gasteiger charge is 2.26. The summed E-state index contributed by atoms with van der Waals surface area (Å²) in [4.78, 5) is 50.4. The molecule has 2 aromatic rings. The van der Waals surface area contributed by atoms with Crippen LogP contribution in [0.5, 0.6) is 0 Å². The van der Waals surface area contributed by atoms with Crippen LogP contribution in [0.2, 0.25) is 0 Å². The average molecular weight is 373 g/mol. The number of hydrogen-bond acceptors (Lipinski definition) is 5. The zero-order chi connectivity index (χ0) is 19.6. The van der Waals surface area contributed by atoms with Crippen molar-refractivity contribution in [3.8, 4) is 0 Å². The number of benzene rings is 1. The number of carboxylic acid groups (broad SMARTS) is 1. The lowest BCUT2D eigenvalue weighted by atomic mass is 9.93. The van der Waals surface area contributed by atoms with Gasteiger partial charge < -0.3 is 15.0 Å². The molecule has 1 aliphatic rings. The Labute approximate surface area is 153 Å². The van der Waals surface area contributed by atoms with Crippen LogP contribution >= 0.6 is 0 Å². The molecule has 0 saturated carbocycles. The first-order chi connectivity index (χ1) is 12.8. The molecule has 9 nitrogen and oxygen atoms in total. The van der Waals surface area contributed by atoms with Crippen LogP contribution in [0.15, 0.2) is 29.1 Å². The summed E-state index contributed by atoms with van der Waals surface area (Å²) >= 11 is 0. The smallest absolute Gasteiger partial charge is 0.303 e. The summed E-state index contributed by atoms with van der Waals surface area (Å²) in [6.07, 6.45) is 2.13. The first-order valence-electron chi connectivity index (χ1n) is 8.67. The molecule has 1 aliphatic heterocycles. The minimum Gasteiger partial charge on any atom is -0.481 e. The molecule has 0 spiro atoms. The number of nitro benzene ring substituents is 1. The van der Waals surface area contributed by atoms with Crippen molar-refractivity contribution in [2.45, 2.75) is 25.7 Å². The monoisotopic (exact) mass is 373 g/mol. The van der Waals surface area contributed by atoms with E-state index in [0.717, 1.165) is 18.9 Å². The van der Waals surface area contributed by atoms with Crippen LogP contribution < -0.4 is 5.56 Å². The molecule has 27 heavy (non-hydrogen) atoms. The van der Waals surface area contributed by atoms with Gasteiger partial charge in [0.05, 0.1) is 10.5 Å². The van der Waals surface area contributed by atoms with Crippen LogP contribution in [0.3, 0.4) is 0 Å². The van der Waals surface area contributed by atoms with Crippen molar-refractivity contribution in [2.24, 2.45) is 5.92 Å². The predicted octanol–water partition coefficient (Wildman–Crippen LogP) is 2.15. The molecule has 1 amide bonds. The number of nitro groups is 1. The maximum Gasteiger partial charge on any atom is 0.303 e. The Morgan fingerprint density at radius 2 is 2.11 bits per heavy atom. The van der Waals surface area contributed by atoms with Crippen molar-refractivity contribution >= 4 is 28.5 Å². The normalized spacial score (nSPS) is 17.0. The summed E-state index contributed by atoms with van der Waals surface area (Å²) in [5.41, 5.74) is -0.145. The maximum atomic E-state index is 13.0. The standard InChI is InChI=1S/C18H19N3O6/c22-16-9-14(13-8-12(21(26)27)4-5-15(13)19-16)18(25)20-7-1-2-11(10-20)3-6-17(23)24/h4-5,8-9,11H,1-3,6-7,10H2,(H,19,22)(H,23,24). The van der Waals surface area contributed by atoms with E-state index in [4.69, 9.17) is 5.11 Å². The Bertz CT molecular complexity index is 967. The number of non-ortho nitro benzene ring substituents is 1. The fourth-order valence-corrected chi connectivity index (χ4v) is 3.52. The number of carboxylic acids is 1. The third-order valence-electron chi connectivity index (χ3n) is 4.84. The van der Waals surface area contributed by atoms with Gasteiger partial charge in [0.2, 0.25) is 5.56 Å². The van der Waals surface area contributed by atoms with E-state index >= 15 is 0 Å². The lowest BCUT2D eigenvalue weighted by Gasteiger charge is -2.33. The van der Waals surface area contributed by atoms with Crippen LogP contribution in [0.25, 0.3) is 10.9 Å². The quantitative estimate of drug-likeness (QED) is 0.609. The molecule has 1 saturated heterocycles. The van der Waals surface area contributed by atoms with Gasteiger partial charge in [0.1, 0.15) is 0 Å². The number of carbonyl (C=O) groups is 2. The molecule has 0 bridgehead atoms. The Morgan fingerprint density at radius 1 is 1.33 bits per heavy atom. The van der Waals surface area contributed by atoms with E-state index in [-0.39, 0.29) is 29.5 Å². The van der Waals surface area contributed by atoms with Crippen molar-refractivity contribution < 1.29 is 19.6 Å². The van der Waals surface area contributed by atoms with Crippen molar-refractivity contribution in [2.75, 3.05) is 13.1 Å². The van der Waals surface area contributed by atoms with Gasteiger partial charge in [-0.1, -0.05) is 0 Å². The molecule has 1 fully saturated rings. The van der Waals surface area contributed by atoms with Gasteiger partial charge in [0.25, 0.3) is 11.6 Å². The molecule has 1 aromatic carbocycles. The van der Waals surface area contributed by atoms with Crippen LogP contribution in [0.4, 0.5) is 5.69 Å². The largest absolute Gasteiger partial charge is 0.481 e. The molecule has 2 heterocycles. The van der Waals surface area contributed by atoms with Crippen molar-refractivity contribution in [3.05, 3.63) is 50.3 Å². The first kappa shape index (κ1) is 18.6. The van der Waals surface area contributed by atoms with E-state index in [1.54, 1.807) is 4.90 Å². The molecular formula is C18H19N3O6. The number of fused-ring (bicyclic) bond motifs is 1. The number of carbonyl (C=O) groups excluding carboxylic acids is 1. The number of rotatable bonds is 5.